The third kappa shape index (κ3) is 2.65. The Morgan fingerprint density at radius 3 is 3.09 bits per heavy atom. The number of unbranched alkanes of at least 4 members (excludes halogenated alkanes) is 1. The number of aryl methyl sites for hydroxylation is 1. The minimum atomic E-state index is 0.533. The first-order valence-corrected chi connectivity index (χ1v) is 3.83. The summed E-state index contributed by atoms with van der Waals surface area (Å²) in [6, 6.07) is 1.76. The van der Waals surface area contributed by atoms with Crippen LogP contribution in [0.3, 0.4) is 0 Å². The summed E-state index contributed by atoms with van der Waals surface area (Å²) < 4.78 is 1.79. The molecule has 0 atom stereocenters. The molecule has 0 saturated carbocycles. The molecule has 0 aromatic carbocycles. The molecule has 0 amide bonds. The molecule has 0 N–H and O–H groups in total. The van der Waals surface area contributed by atoms with Crippen LogP contribution in [0.15, 0.2) is 12.3 Å². The normalized spacial score (nSPS) is 9.45. The second-order valence-electron chi connectivity index (χ2n) is 2.21. The van der Waals surface area contributed by atoms with Crippen LogP contribution < -0.4 is 0 Å². The zero-order chi connectivity index (χ0) is 8.10. The number of terminal acetylenes is 1. The van der Waals surface area contributed by atoms with Gasteiger partial charge in [0.15, 0.2) is 5.15 Å². The lowest BCUT2D eigenvalue weighted by Gasteiger charge is -1.96. The lowest BCUT2D eigenvalue weighted by Crippen LogP contribution is -1.97. The molecule has 2 nitrogen and oxygen atoms in total. The molecule has 1 rings (SSSR count). The molecule has 0 unspecified atom stereocenters. The maximum atomic E-state index is 5.60. The van der Waals surface area contributed by atoms with E-state index in [9.17, 15) is 0 Å². The zero-order valence-corrected chi connectivity index (χ0v) is 6.88. The van der Waals surface area contributed by atoms with E-state index >= 15 is 0 Å². The van der Waals surface area contributed by atoms with Crippen LogP contribution in [0, 0.1) is 12.3 Å². The second-order valence-corrected chi connectivity index (χ2v) is 2.60. The first-order chi connectivity index (χ1) is 5.33. The average molecular weight is 169 g/mol. The van der Waals surface area contributed by atoms with Crippen molar-refractivity contribution in [2.24, 2.45) is 0 Å². The summed E-state index contributed by atoms with van der Waals surface area (Å²) in [4.78, 5) is 0. The van der Waals surface area contributed by atoms with Gasteiger partial charge in [0, 0.05) is 19.2 Å². The van der Waals surface area contributed by atoms with E-state index < -0.39 is 0 Å². The number of hydrogen-bond acceptors (Lipinski definition) is 1. The van der Waals surface area contributed by atoms with Gasteiger partial charge in [0.2, 0.25) is 0 Å². The van der Waals surface area contributed by atoms with Gasteiger partial charge in [0.25, 0.3) is 0 Å². The highest BCUT2D eigenvalue weighted by atomic mass is 35.5. The molecule has 0 aliphatic carbocycles. The van der Waals surface area contributed by atoms with E-state index in [0.29, 0.717) is 5.15 Å². The van der Waals surface area contributed by atoms with Crippen molar-refractivity contribution in [3.63, 3.8) is 0 Å². The predicted octanol–water partition coefficient (Wildman–Crippen LogP) is 1.95. The minimum absolute atomic E-state index is 0.533. The van der Waals surface area contributed by atoms with Crippen LogP contribution >= 0.6 is 11.6 Å². The van der Waals surface area contributed by atoms with E-state index in [1.165, 1.54) is 0 Å². The van der Waals surface area contributed by atoms with Gasteiger partial charge in [-0.1, -0.05) is 11.6 Å². The molecule has 11 heavy (non-hydrogen) atoms. The number of halogens is 1. The number of hydrogen-bond donors (Lipinski definition) is 0. The summed E-state index contributed by atoms with van der Waals surface area (Å²) in [7, 11) is 0. The first kappa shape index (κ1) is 8.16. The van der Waals surface area contributed by atoms with Gasteiger partial charge in [-0.25, -0.2) is 0 Å². The van der Waals surface area contributed by atoms with Gasteiger partial charge in [-0.05, 0) is 12.5 Å². The highest BCUT2D eigenvalue weighted by molar-refractivity contribution is 6.29. The molecule has 1 heterocycles. The maximum Gasteiger partial charge on any atom is 0.151 e. The summed E-state index contributed by atoms with van der Waals surface area (Å²) in [5, 5.41) is 4.53. The van der Waals surface area contributed by atoms with E-state index in [1.54, 1.807) is 10.7 Å². The number of nitrogens with zero attached hydrogens (tertiary/aromatic N) is 2. The minimum Gasteiger partial charge on any atom is -0.271 e. The van der Waals surface area contributed by atoms with Gasteiger partial charge in [-0.3, -0.25) is 4.68 Å². The Morgan fingerprint density at radius 1 is 1.73 bits per heavy atom. The van der Waals surface area contributed by atoms with Gasteiger partial charge in [-0.15, -0.1) is 12.3 Å². The molecule has 0 fully saturated rings. The summed E-state index contributed by atoms with van der Waals surface area (Å²) in [6.07, 6.45) is 8.68. The highest BCUT2D eigenvalue weighted by Gasteiger charge is 1.93. The Morgan fingerprint density at radius 2 is 2.55 bits per heavy atom. The molecule has 58 valence electrons. The van der Waals surface area contributed by atoms with Crippen LogP contribution in [0.2, 0.25) is 5.15 Å². The summed E-state index contributed by atoms with van der Waals surface area (Å²) in [6.45, 7) is 0.844. The Bertz CT molecular complexity index is 259. The molecule has 0 aliphatic rings. The molecule has 1 aromatic heterocycles. The van der Waals surface area contributed by atoms with Crippen LogP contribution in [-0.2, 0) is 6.54 Å². The second kappa shape index (κ2) is 4.05. The molecular formula is C8H9ClN2. The van der Waals surface area contributed by atoms with Crippen LogP contribution in [0.4, 0.5) is 0 Å². The maximum absolute atomic E-state index is 5.60. The summed E-state index contributed by atoms with van der Waals surface area (Å²) >= 11 is 5.60. The molecule has 3 heteroatoms. The predicted molar refractivity (Wildman–Crippen MR) is 45.3 cm³/mol. The molecule has 1 aromatic rings. The smallest absolute Gasteiger partial charge is 0.151 e. The van der Waals surface area contributed by atoms with Crippen LogP contribution in [-0.4, -0.2) is 9.78 Å². The quantitative estimate of drug-likeness (QED) is 0.498. The van der Waals surface area contributed by atoms with Crippen LogP contribution in [0.5, 0.6) is 0 Å². The van der Waals surface area contributed by atoms with E-state index in [4.69, 9.17) is 18.0 Å². The van der Waals surface area contributed by atoms with Gasteiger partial charge in [-0.2, -0.15) is 5.10 Å². The van der Waals surface area contributed by atoms with E-state index in [0.717, 1.165) is 19.4 Å². The Balaban J connectivity index is 2.34. The van der Waals surface area contributed by atoms with Crippen LogP contribution in [0.25, 0.3) is 0 Å². The van der Waals surface area contributed by atoms with E-state index in [-0.39, 0.29) is 0 Å². The van der Waals surface area contributed by atoms with Crippen molar-refractivity contribution in [3.8, 4) is 12.3 Å². The Labute approximate surface area is 71.2 Å². The lowest BCUT2D eigenvalue weighted by molar-refractivity contribution is 0.587. The molecule has 0 aliphatic heterocycles. The Kier molecular flexibility index (Phi) is 3.00. The number of aromatic nitrogens is 2. The zero-order valence-electron chi connectivity index (χ0n) is 6.13. The molecule has 0 saturated heterocycles. The fraction of sp³-hybridized carbons (Fsp3) is 0.375. The van der Waals surface area contributed by atoms with Gasteiger partial charge in [0.05, 0.1) is 0 Å². The third-order valence-corrected chi connectivity index (χ3v) is 1.52. The van der Waals surface area contributed by atoms with Crippen molar-refractivity contribution >= 4 is 11.6 Å². The molecule has 0 radical (unpaired) electrons. The standard InChI is InChI=1S/C8H9ClN2/c1-2-3-4-6-11-7-5-8(9)10-11/h1,5,7H,3-4,6H2. The fourth-order valence-electron chi connectivity index (χ4n) is 0.805. The molecule has 0 bridgehead atoms. The van der Waals surface area contributed by atoms with Crippen molar-refractivity contribution in [1.29, 1.82) is 0 Å². The summed E-state index contributed by atoms with van der Waals surface area (Å²) in [5.74, 6) is 2.57. The van der Waals surface area contributed by atoms with Crippen molar-refractivity contribution < 1.29 is 0 Å². The third-order valence-electron chi connectivity index (χ3n) is 1.32. The topological polar surface area (TPSA) is 17.8 Å². The molecular weight excluding hydrogens is 160 g/mol. The summed E-state index contributed by atoms with van der Waals surface area (Å²) in [5.41, 5.74) is 0. The van der Waals surface area contributed by atoms with Crippen LogP contribution in [0.1, 0.15) is 12.8 Å². The first-order valence-electron chi connectivity index (χ1n) is 3.45. The largest absolute Gasteiger partial charge is 0.271 e. The van der Waals surface area contributed by atoms with Crippen molar-refractivity contribution in [2.75, 3.05) is 0 Å². The van der Waals surface area contributed by atoms with E-state index in [1.807, 2.05) is 6.20 Å². The average Bonchev–Trinajstić information content (AvgIpc) is 2.37. The number of rotatable bonds is 3. The monoisotopic (exact) mass is 168 g/mol. The van der Waals surface area contributed by atoms with E-state index in [2.05, 4.69) is 11.0 Å². The SMILES string of the molecule is C#CCCCn1ccc(Cl)n1. The highest BCUT2D eigenvalue weighted by Crippen LogP contribution is 2.03. The van der Waals surface area contributed by atoms with Crippen molar-refractivity contribution in [1.82, 2.24) is 9.78 Å². The van der Waals surface area contributed by atoms with Crippen molar-refractivity contribution in [3.05, 3.63) is 17.4 Å². The van der Waals surface area contributed by atoms with Gasteiger partial charge < -0.3 is 0 Å². The Hall–Kier alpha value is -0.940. The van der Waals surface area contributed by atoms with Gasteiger partial charge >= 0.3 is 0 Å². The van der Waals surface area contributed by atoms with Gasteiger partial charge in [0.1, 0.15) is 0 Å². The van der Waals surface area contributed by atoms with Crippen molar-refractivity contribution in [2.45, 2.75) is 19.4 Å². The lowest BCUT2D eigenvalue weighted by atomic mass is 10.3. The fourth-order valence-corrected chi connectivity index (χ4v) is 0.958. The molecule has 0 spiro atoms.